The number of thiol groups is 3. The molecule has 0 aliphatic rings. The number of carboxylic acid groups (broad SMARTS) is 6. The molecule has 0 rings (SSSR count). The van der Waals surface area contributed by atoms with Gasteiger partial charge in [0.15, 0.2) is 0 Å². The summed E-state index contributed by atoms with van der Waals surface area (Å²) in [6.45, 7) is 10.3. The number of carbonyl (C=O) groups excluding carboxylic acids is 6. The third kappa shape index (κ3) is 42.6. The Balaban J connectivity index is -0.000000226. The van der Waals surface area contributed by atoms with E-state index in [4.69, 9.17) is 0 Å². The van der Waals surface area contributed by atoms with Gasteiger partial charge in [0.25, 0.3) is 0 Å². The maximum atomic E-state index is 11.0. The van der Waals surface area contributed by atoms with Crippen molar-refractivity contribution in [2.24, 2.45) is 16.2 Å². The molecule has 0 amide bonds. The molecule has 0 spiro atoms. The zero-order valence-corrected chi connectivity index (χ0v) is 47.8. The van der Waals surface area contributed by atoms with Crippen LogP contribution in [0.25, 0.3) is 0 Å². The van der Waals surface area contributed by atoms with Gasteiger partial charge in [0.1, 0.15) is 0 Å². The van der Waals surface area contributed by atoms with Crippen molar-refractivity contribution in [2.75, 3.05) is 17.3 Å². The summed E-state index contributed by atoms with van der Waals surface area (Å²) < 4.78 is 2.91. The molecular formula is C46H82O12S3Sn2. The molecule has 0 aromatic carbocycles. The summed E-state index contributed by atoms with van der Waals surface area (Å²) in [6.07, 6.45) is 21.9. The second-order valence-electron chi connectivity index (χ2n) is 16.1. The molecule has 12 nitrogen and oxygen atoms in total. The van der Waals surface area contributed by atoms with Crippen LogP contribution in [0.15, 0.2) is 0 Å². The fourth-order valence-corrected chi connectivity index (χ4v) is 9.27. The Morgan fingerprint density at radius 1 is 0.349 bits per heavy atom. The van der Waals surface area contributed by atoms with E-state index in [-0.39, 0.29) is 19.3 Å². The molecule has 63 heavy (non-hydrogen) atoms. The van der Waals surface area contributed by atoms with Crippen molar-refractivity contribution in [3.63, 3.8) is 0 Å². The summed E-state index contributed by atoms with van der Waals surface area (Å²) in [6, 6.07) is 0. The number of hydrogen-bond donors (Lipinski definition) is 3. The van der Waals surface area contributed by atoms with Gasteiger partial charge in [-0.2, -0.15) is 37.9 Å². The molecular weight excluding hydrogens is 1080 g/mol. The predicted molar refractivity (Wildman–Crippen MR) is 253 cm³/mol. The molecule has 0 bridgehead atoms. The van der Waals surface area contributed by atoms with E-state index < -0.39 is 71.3 Å². The molecule has 0 saturated heterocycles. The van der Waals surface area contributed by atoms with Crippen molar-refractivity contribution >= 4 is 119 Å². The second-order valence-corrected chi connectivity index (χ2v) is 20.3. The van der Waals surface area contributed by atoms with Gasteiger partial charge in [-0.05, 0) is 75.0 Å². The fourth-order valence-electron chi connectivity index (χ4n) is 6.56. The molecule has 0 N–H and O–H groups in total. The molecule has 0 aromatic rings. The monoisotopic (exact) mass is 1160 g/mol. The Labute approximate surface area is 425 Å². The summed E-state index contributed by atoms with van der Waals surface area (Å²) in [5.41, 5.74) is -3.93. The summed E-state index contributed by atoms with van der Waals surface area (Å²) in [5, 5.41) is 64.6. The Morgan fingerprint density at radius 3 is 0.714 bits per heavy atom. The summed E-state index contributed by atoms with van der Waals surface area (Å²) >= 11 is 15.3. The molecule has 17 heteroatoms. The van der Waals surface area contributed by atoms with Gasteiger partial charge in [-0.15, -0.1) is 0 Å². The van der Waals surface area contributed by atoms with E-state index >= 15 is 0 Å². The first kappa shape index (κ1) is 71.5. The van der Waals surface area contributed by atoms with Crippen molar-refractivity contribution < 1.29 is 59.4 Å². The van der Waals surface area contributed by atoms with Crippen molar-refractivity contribution in [1.82, 2.24) is 0 Å². The van der Waals surface area contributed by atoms with Crippen LogP contribution in [0.3, 0.4) is 0 Å². The van der Waals surface area contributed by atoms with Crippen LogP contribution in [0, 0.1) is 16.2 Å². The van der Waals surface area contributed by atoms with Gasteiger partial charge in [0.05, 0.1) is 0 Å². The van der Waals surface area contributed by atoms with Gasteiger partial charge in [-0.25, -0.2) is 0 Å². The van der Waals surface area contributed by atoms with Crippen LogP contribution in [0.5, 0.6) is 0 Å². The first-order valence-electron chi connectivity index (χ1n) is 23.1. The predicted octanol–water partition coefficient (Wildman–Crippen LogP) is 3.99. The third-order valence-corrected chi connectivity index (χ3v) is 13.3. The molecule has 3 atom stereocenters. The van der Waals surface area contributed by atoms with E-state index in [0.717, 1.165) is 19.3 Å². The normalized spacial score (nSPS) is 13.3. The molecule has 0 fully saturated rings. The molecule has 0 radical (unpaired) electrons. The van der Waals surface area contributed by atoms with E-state index in [0.29, 0.717) is 55.8 Å². The van der Waals surface area contributed by atoms with E-state index in [1.54, 1.807) is 45.0 Å². The number of hydrogen-bond acceptors (Lipinski definition) is 15. The SMILES string of the molecule is CCCCC(CCS)(CC(=O)[O-])C(=O)[O-].CCCCC(CCS)(CC(=O)[O-])C(=O)[O-].CCCCC(CCS)(CC(=O)[O-])C(=O)[O-].CCCCCCC[CH2][Sn+3].CCCCCCC[CH2][Sn+3]. The number of unbranched alkanes of at least 4 members (excludes halogenated alkanes) is 13. The number of carbonyl (C=O) groups is 6. The van der Waals surface area contributed by atoms with Crippen molar-refractivity contribution in [3.05, 3.63) is 0 Å². The van der Waals surface area contributed by atoms with Gasteiger partial charge in [0, 0.05) is 52.1 Å². The van der Waals surface area contributed by atoms with E-state index in [2.05, 4.69) is 51.7 Å². The Hall–Kier alpha value is -0.533. The topological polar surface area (TPSA) is 241 Å². The zero-order valence-electron chi connectivity index (χ0n) is 39.4. The molecule has 0 saturated carbocycles. The third-order valence-electron chi connectivity index (χ3n) is 10.6. The van der Waals surface area contributed by atoms with Crippen LogP contribution in [-0.4, -0.2) is 98.1 Å². The minimum absolute atomic E-state index is 0.201. The van der Waals surface area contributed by atoms with Gasteiger partial charge >= 0.3 is 145 Å². The second kappa shape index (κ2) is 49.4. The summed E-state index contributed by atoms with van der Waals surface area (Å²) in [4.78, 5) is 64.6. The zero-order chi connectivity index (χ0) is 49.6. The molecule has 0 heterocycles. The van der Waals surface area contributed by atoms with Crippen LogP contribution >= 0.6 is 37.9 Å². The minimum atomic E-state index is -1.35. The average Bonchev–Trinajstić information content (AvgIpc) is 3.21. The number of aliphatic carboxylic acids is 6. The van der Waals surface area contributed by atoms with E-state index in [1.165, 1.54) is 85.9 Å². The fraction of sp³-hybridized carbons (Fsp3) is 0.870. The van der Waals surface area contributed by atoms with Crippen LogP contribution in [0.1, 0.15) is 208 Å². The van der Waals surface area contributed by atoms with E-state index in [9.17, 15) is 59.4 Å². The van der Waals surface area contributed by atoms with Crippen molar-refractivity contribution in [2.45, 2.75) is 217 Å². The van der Waals surface area contributed by atoms with E-state index in [1.807, 2.05) is 20.8 Å². The van der Waals surface area contributed by atoms with Gasteiger partial charge in [0.2, 0.25) is 0 Å². The van der Waals surface area contributed by atoms with Crippen LogP contribution < -0.4 is 30.6 Å². The standard InChI is InChI=1S/3C10H18O4S.2C8H17.2Sn/c3*1-2-3-4-10(5-6-15,9(13)14)7-8(11)12;2*1-3-5-7-8-6-4-2;;/h3*15H,2-7H2,1H3,(H,11,12)(H,13,14);2*1,3-8H2,2H3;;/q;;;;;2*+3/p-6. The molecule has 0 aliphatic carbocycles. The molecule has 3 unspecified atom stereocenters. The Morgan fingerprint density at radius 2 is 0.556 bits per heavy atom. The first-order valence-corrected chi connectivity index (χ1v) is 29.1. The van der Waals surface area contributed by atoms with Gasteiger partial charge in [-0.1, -0.05) is 59.3 Å². The first-order chi connectivity index (χ1) is 29.8. The average molecular weight is 1160 g/mol. The summed E-state index contributed by atoms with van der Waals surface area (Å²) in [5.74, 6) is -7.01. The number of rotatable bonds is 36. The quantitative estimate of drug-likeness (QED) is 0.0459. The Bertz CT molecular complexity index is 1010. The van der Waals surface area contributed by atoms with Gasteiger partial charge in [-0.3, -0.25) is 0 Å². The van der Waals surface area contributed by atoms with Crippen LogP contribution in [0.2, 0.25) is 8.87 Å². The maximum absolute atomic E-state index is 11.0. The van der Waals surface area contributed by atoms with Crippen LogP contribution in [0.4, 0.5) is 0 Å². The number of carboxylic acids is 6. The molecule has 364 valence electrons. The molecule has 0 aliphatic heterocycles. The van der Waals surface area contributed by atoms with Gasteiger partial charge < -0.3 is 59.4 Å². The Kier molecular flexibility index (Phi) is 56.0. The van der Waals surface area contributed by atoms with Crippen molar-refractivity contribution in [1.29, 1.82) is 0 Å². The van der Waals surface area contributed by atoms with Crippen molar-refractivity contribution in [3.8, 4) is 0 Å². The van der Waals surface area contributed by atoms with Crippen LogP contribution in [-0.2, 0) is 28.8 Å². The summed E-state index contributed by atoms with van der Waals surface area (Å²) in [7, 11) is 0. The molecule has 0 aromatic heterocycles.